The maximum Gasteiger partial charge on any atom is 0.236 e. The second kappa shape index (κ2) is 12.2. The van der Waals surface area contributed by atoms with Gasteiger partial charge in [-0.3, -0.25) is 14.4 Å². The van der Waals surface area contributed by atoms with Crippen LogP contribution in [0.1, 0.15) is 67.2 Å². The topological polar surface area (TPSA) is 114 Å². The van der Waals surface area contributed by atoms with Crippen LogP contribution in [-0.2, 0) is 14.4 Å². The number of carbonyl (C=O) groups is 3. The maximum atomic E-state index is 11.5. The normalized spacial score (nSPS) is 25.0. The van der Waals surface area contributed by atoms with Crippen molar-refractivity contribution >= 4 is 18.2 Å². The highest BCUT2D eigenvalue weighted by atomic mass is 16.2. The van der Waals surface area contributed by atoms with Crippen LogP contribution in [0.25, 0.3) is 0 Å². The van der Waals surface area contributed by atoms with Crippen LogP contribution in [-0.4, -0.2) is 61.4 Å². The maximum absolute atomic E-state index is 11.5. The Morgan fingerprint density at radius 2 is 1.94 bits per heavy atom. The van der Waals surface area contributed by atoms with Gasteiger partial charge in [0.25, 0.3) is 0 Å². The third-order valence-corrected chi connectivity index (χ3v) is 6.30. The zero-order valence-electron chi connectivity index (χ0n) is 21.0. The van der Waals surface area contributed by atoms with Crippen molar-refractivity contribution in [3.8, 4) is 6.07 Å². The molecule has 3 rings (SSSR count). The van der Waals surface area contributed by atoms with Crippen molar-refractivity contribution in [1.29, 1.82) is 5.26 Å². The van der Waals surface area contributed by atoms with E-state index in [1.54, 1.807) is 0 Å². The average Bonchev–Trinajstić information content (AvgIpc) is 3.28. The monoisotopic (exact) mass is 449 g/mol. The summed E-state index contributed by atoms with van der Waals surface area (Å²) in [7, 11) is 1.81. The number of amides is 3. The fourth-order valence-electron chi connectivity index (χ4n) is 3.92. The lowest BCUT2D eigenvalue weighted by Crippen LogP contribution is -2.36. The minimum absolute atomic E-state index is 0.0282. The summed E-state index contributed by atoms with van der Waals surface area (Å²) in [6, 6.07) is 1.43. The molecule has 182 valence electrons. The molecular formula is C24H43N5O3. The van der Waals surface area contributed by atoms with Crippen molar-refractivity contribution in [3.63, 3.8) is 0 Å². The Labute approximate surface area is 193 Å². The molecule has 1 aliphatic carbocycles. The summed E-state index contributed by atoms with van der Waals surface area (Å²) in [5.74, 6) is 1.57. The molecule has 8 nitrogen and oxygen atoms in total. The first-order chi connectivity index (χ1) is 14.9. The molecule has 3 unspecified atom stereocenters. The number of hydrogen-bond acceptors (Lipinski definition) is 5. The largest absolute Gasteiger partial charge is 0.350 e. The summed E-state index contributed by atoms with van der Waals surface area (Å²) < 4.78 is 0. The molecule has 3 aliphatic rings. The third-order valence-electron chi connectivity index (χ3n) is 6.30. The van der Waals surface area contributed by atoms with E-state index in [-0.39, 0.29) is 28.7 Å². The molecule has 2 aliphatic heterocycles. The van der Waals surface area contributed by atoms with Gasteiger partial charge in [0.1, 0.15) is 6.04 Å². The molecule has 0 aromatic heterocycles. The van der Waals surface area contributed by atoms with Crippen molar-refractivity contribution in [2.75, 3.05) is 26.7 Å². The quantitative estimate of drug-likeness (QED) is 0.537. The van der Waals surface area contributed by atoms with Crippen LogP contribution >= 0.6 is 0 Å². The first-order valence-electron chi connectivity index (χ1n) is 11.7. The lowest BCUT2D eigenvalue weighted by atomic mass is 9.84. The fraction of sp³-hybridized carbons (Fsp3) is 0.833. The van der Waals surface area contributed by atoms with E-state index in [9.17, 15) is 14.4 Å². The highest BCUT2D eigenvalue weighted by Crippen LogP contribution is 2.46. The molecule has 2 saturated heterocycles. The molecular weight excluding hydrogens is 406 g/mol. The summed E-state index contributed by atoms with van der Waals surface area (Å²) >= 11 is 0. The van der Waals surface area contributed by atoms with E-state index in [0.29, 0.717) is 25.3 Å². The van der Waals surface area contributed by atoms with E-state index in [0.717, 1.165) is 38.3 Å². The van der Waals surface area contributed by atoms with Crippen molar-refractivity contribution in [1.82, 2.24) is 20.9 Å². The Morgan fingerprint density at radius 3 is 2.31 bits per heavy atom. The number of likely N-dealkylation sites (tertiary alicyclic amines) is 1. The minimum atomic E-state index is -0.549. The number of hydrogen-bond donors (Lipinski definition) is 3. The van der Waals surface area contributed by atoms with Gasteiger partial charge in [-0.05, 0) is 50.0 Å². The van der Waals surface area contributed by atoms with Gasteiger partial charge in [-0.25, -0.2) is 0 Å². The molecule has 1 spiro atoms. The van der Waals surface area contributed by atoms with Gasteiger partial charge in [-0.15, -0.1) is 0 Å². The zero-order chi connectivity index (χ0) is 24.5. The van der Waals surface area contributed by atoms with Gasteiger partial charge in [-0.1, -0.05) is 41.5 Å². The van der Waals surface area contributed by atoms with Gasteiger partial charge in [-0.2, -0.15) is 5.26 Å². The molecule has 0 aromatic carbocycles. The number of nitrogens with zero attached hydrogens (tertiary/aromatic N) is 2. The van der Waals surface area contributed by atoms with E-state index in [2.05, 4.69) is 57.5 Å². The minimum Gasteiger partial charge on any atom is -0.350 e. The molecule has 8 heteroatoms. The van der Waals surface area contributed by atoms with E-state index in [4.69, 9.17) is 5.26 Å². The van der Waals surface area contributed by atoms with Crippen LogP contribution in [0.3, 0.4) is 0 Å². The SMILES string of the molecule is CC(C)C.CNCC(=O)N1CC(C)C(C)(C)C1.N#CC(CC1CC2(CC2)NC1=O)NC=O. The average molecular weight is 450 g/mol. The van der Waals surface area contributed by atoms with Gasteiger partial charge in [0.15, 0.2) is 0 Å². The molecule has 3 atom stereocenters. The van der Waals surface area contributed by atoms with Crippen molar-refractivity contribution in [3.05, 3.63) is 0 Å². The second-order valence-corrected chi connectivity index (χ2v) is 10.8. The summed E-state index contributed by atoms with van der Waals surface area (Å²) in [5, 5.41) is 17.0. The van der Waals surface area contributed by atoms with Crippen molar-refractivity contribution in [2.24, 2.45) is 23.2 Å². The van der Waals surface area contributed by atoms with Crippen LogP contribution < -0.4 is 16.0 Å². The van der Waals surface area contributed by atoms with Crippen LogP contribution in [0.2, 0.25) is 0 Å². The van der Waals surface area contributed by atoms with E-state index in [1.165, 1.54) is 0 Å². The molecule has 1 saturated carbocycles. The number of likely N-dealkylation sites (N-methyl/N-ethyl adjacent to an activating group) is 1. The van der Waals surface area contributed by atoms with Crippen LogP contribution in [0.4, 0.5) is 0 Å². The first kappa shape index (κ1) is 27.9. The number of nitriles is 1. The lowest BCUT2D eigenvalue weighted by Gasteiger charge is -2.21. The summed E-state index contributed by atoms with van der Waals surface area (Å²) in [4.78, 5) is 35.3. The Bertz CT molecular complexity index is 679. The summed E-state index contributed by atoms with van der Waals surface area (Å²) in [6.07, 6.45) is 3.84. The smallest absolute Gasteiger partial charge is 0.236 e. The van der Waals surface area contributed by atoms with Crippen LogP contribution in [0.15, 0.2) is 0 Å². The Morgan fingerprint density at radius 1 is 1.34 bits per heavy atom. The molecule has 3 N–H and O–H groups in total. The fourth-order valence-corrected chi connectivity index (χ4v) is 3.92. The van der Waals surface area contributed by atoms with E-state index < -0.39 is 6.04 Å². The molecule has 0 bridgehead atoms. The molecule has 2 heterocycles. The zero-order valence-corrected chi connectivity index (χ0v) is 21.0. The molecule has 0 radical (unpaired) electrons. The first-order valence-corrected chi connectivity index (χ1v) is 11.7. The third kappa shape index (κ3) is 8.78. The van der Waals surface area contributed by atoms with Gasteiger partial charge in [0.2, 0.25) is 18.2 Å². The highest BCUT2D eigenvalue weighted by Gasteiger charge is 2.52. The van der Waals surface area contributed by atoms with E-state index >= 15 is 0 Å². The number of nitrogens with one attached hydrogen (secondary N) is 3. The van der Waals surface area contributed by atoms with Crippen molar-refractivity contribution in [2.45, 2.75) is 78.8 Å². The predicted octanol–water partition coefficient (Wildman–Crippen LogP) is 2.06. The second-order valence-electron chi connectivity index (χ2n) is 10.8. The van der Waals surface area contributed by atoms with Crippen LogP contribution in [0, 0.1) is 34.5 Å². The van der Waals surface area contributed by atoms with Gasteiger partial charge in [0, 0.05) is 24.5 Å². The summed E-state index contributed by atoms with van der Waals surface area (Å²) in [5.41, 5.74) is 0.326. The molecule has 32 heavy (non-hydrogen) atoms. The van der Waals surface area contributed by atoms with Crippen LogP contribution in [0.5, 0.6) is 0 Å². The highest BCUT2D eigenvalue weighted by molar-refractivity contribution is 5.83. The van der Waals surface area contributed by atoms with Crippen molar-refractivity contribution < 1.29 is 14.4 Å². The predicted molar refractivity (Wildman–Crippen MR) is 125 cm³/mol. The van der Waals surface area contributed by atoms with Gasteiger partial charge < -0.3 is 20.9 Å². The Balaban J connectivity index is 0.000000277. The molecule has 3 amide bonds. The lowest BCUT2D eigenvalue weighted by molar-refractivity contribution is -0.129. The molecule has 3 fully saturated rings. The van der Waals surface area contributed by atoms with Gasteiger partial charge in [0.05, 0.1) is 12.6 Å². The van der Waals surface area contributed by atoms with E-state index in [1.807, 2.05) is 18.0 Å². The Hall–Kier alpha value is -2.14. The summed E-state index contributed by atoms with van der Waals surface area (Å²) in [6.45, 7) is 15.4. The molecule has 0 aromatic rings. The Kier molecular flexibility index (Phi) is 10.6. The van der Waals surface area contributed by atoms with Gasteiger partial charge >= 0.3 is 0 Å². The standard InChI is InChI=1S/C10H13N3O2.C10H20N2O.C4H10/c11-5-8(12-6-14)3-7-4-10(1-2-10)13-9(7)15;1-8-6-12(7-10(8,2)3)9(13)5-11-4;1-4(2)3/h6-8H,1-4H2,(H,12,14)(H,13,15);8,11H,5-7H2,1-4H3;4H,1-3H3. The number of rotatable bonds is 6. The number of carbonyl (C=O) groups excluding carboxylic acids is 3.